The summed E-state index contributed by atoms with van der Waals surface area (Å²) in [6, 6.07) is 12.5. The van der Waals surface area contributed by atoms with Gasteiger partial charge in [-0.25, -0.2) is 0 Å². The maximum Gasteiger partial charge on any atom is 0.294 e. The Morgan fingerprint density at radius 3 is 2.39 bits per heavy atom. The van der Waals surface area contributed by atoms with E-state index in [4.69, 9.17) is 23.2 Å². The normalized spacial score (nSPS) is 9.67. The lowest BCUT2D eigenvalue weighted by atomic mass is 10.1. The van der Waals surface area contributed by atoms with Crippen molar-refractivity contribution in [3.63, 3.8) is 0 Å². The van der Waals surface area contributed by atoms with Crippen LogP contribution in [0.5, 0.6) is 0 Å². The maximum atomic E-state index is 12.0. The highest BCUT2D eigenvalue weighted by molar-refractivity contribution is 6.40. The van der Waals surface area contributed by atoms with Crippen molar-refractivity contribution in [2.45, 2.75) is 6.54 Å². The summed E-state index contributed by atoms with van der Waals surface area (Å²) in [5.41, 5.74) is 0.663. The molecule has 0 atom stereocenters. The second kappa shape index (κ2) is 6.74. The Morgan fingerprint density at radius 1 is 1.06 bits per heavy atom. The lowest BCUT2D eigenvalue weighted by molar-refractivity contribution is -0.680. The summed E-state index contributed by atoms with van der Waals surface area (Å²) in [6.45, 7) is 0.184. The minimum absolute atomic E-state index is 0. The van der Waals surface area contributed by atoms with Gasteiger partial charge in [0.25, 0.3) is 5.15 Å². The zero-order valence-corrected chi connectivity index (χ0v) is 11.6. The molecule has 0 saturated carbocycles. The molecule has 0 spiro atoms. The summed E-state index contributed by atoms with van der Waals surface area (Å²) in [7, 11) is 0. The molecule has 2 nitrogen and oxygen atoms in total. The van der Waals surface area contributed by atoms with Crippen molar-refractivity contribution < 1.29 is 21.8 Å². The number of Topliss-reactive ketones (excluding diaryl/α,β-unsaturated/α-hetero) is 1. The molecule has 1 heterocycles. The second-order valence-electron chi connectivity index (χ2n) is 3.56. The quantitative estimate of drug-likeness (QED) is 0.450. The summed E-state index contributed by atoms with van der Waals surface area (Å²) in [5, 5.41) is 0.813. The first-order valence-electron chi connectivity index (χ1n) is 5.10. The topological polar surface area (TPSA) is 20.9 Å². The van der Waals surface area contributed by atoms with Crippen molar-refractivity contribution in [1.82, 2.24) is 0 Å². The largest absolute Gasteiger partial charge is 1.00 e. The van der Waals surface area contributed by atoms with Crippen molar-refractivity contribution in [1.29, 1.82) is 0 Å². The van der Waals surface area contributed by atoms with Crippen LogP contribution >= 0.6 is 23.2 Å². The molecule has 1 aromatic heterocycles. The number of benzene rings is 1. The number of carbonyl (C=O) groups excluding carboxylic acids is 1. The van der Waals surface area contributed by atoms with Gasteiger partial charge in [-0.15, -0.1) is 0 Å². The number of aromatic nitrogens is 1. The lowest BCUT2D eigenvalue weighted by Gasteiger charge is -2.00. The molecule has 0 fully saturated rings. The Kier molecular flexibility index (Phi) is 5.60. The average molecular weight is 303 g/mol. The van der Waals surface area contributed by atoms with Crippen LogP contribution in [0.2, 0.25) is 10.2 Å². The number of hydrogen-bond donors (Lipinski definition) is 0. The lowest BCUT2D eigenvalue weighted by Crippen LogP contribution is -3.00. The summed E-state index contributed by atoms with van der Waals surface area (Å²) in [4.78, 5) is 12.0. The molecule has 0 amide bonds. The van der Waals surface area contributed by atoms with Crippen LogP contribution in [0.1, 0.15) is 10.4 Å². The van der Waals surface area contributed by atoms with E-state index in [1.54, 1.807) is 35.0 Å². The van der Waals surface area contributed by atoms with Gasteiger partial charge in [-0.3, -0.25) is 4.79 Å². The number of nitrogens with zero attached hydrogens (tertiary/aromatic N) is 1. The van der Waals surface area contributed by atoms with E-state index >= 15 is 0 Å². The summed E-state index contributed by atoms with van der Waals surface area (Å²) < 4.78 is 1.62. The molecule has 0 bridgehead atoms. The molecule has 2 aromatic rings. The van der Waals surface area contributed by atoms with Gasteiger partial charge >= 0.3 is 0 Å². The highest BCUT2D eigenvalue weighted by Gasteiger charge is 2.17. The molecule has 1 aromatic carbocycles. The number of hydrogen-bond acceptors (Lipinski definition) is 1. The number of ketones is 1. The number of halogens is 3. The molecule has 5 heteroatoms. The highest BCUT2D eigenvalue weighted by atomic mass is 35.5. The van der Waals surface area contributed by atoms with E-state index in [1.807, 2.05) is 18.2 Å². The molecule has 94 valence electrons. The summed E-state index contributed by atoms with van der Waals surface area (Å²) >= 11 is 11.9. The van der Waals surface area contributed by atoms with Crippen LogP contribution in [0.25, 0.3) is 0 Å². The minimum atomic E-state index is -0.000216. The third-order valence-corrected chi connectivity index (χ3v) is 3.19. The van der Waals surface area contributed by atoms with Crippen LogP contribution < -0.4 is 17.0 Å². The van der Waals surface area contributed by atoms with Crippen molar-refractivity contribution in [2.24, 2.45) is 0 Å². The Morgan fingerprint density at radius 2 is 1.72 bits per heavy atom. The fourth-order valence-electron chi connectivity index (χ4n) is 1.49. The standard InChI is InChI=1S/C13H10Cl2NO.ClH/c14-11-7-4-8-16(13(11)15)9-12(17)10-5-2-1-3-6-10;/h1-8H,9H2;1H/q+1;/p-1. The fourth-order valence-corrected chi connectivity index (χ4v) is 1.86. The van der Waals surface area contributed by atoms with Gasteiger partial charge in [-0.05, 0) is 17.7 Å². The third-order valence-electron chi connectivity index (χ3n) is 2.37. The van der Waals surface area contributed by atoms with Crippen molar-refractivity contribution >= 4 is 29.0 Å². The Bertz CT molecular complexity index is 543. The first kappa shape index (κ1) is 15.0. The van der Waals surface area contributed by atoms with Gasteiger partial charge < -0.3 is 12.4 Å². The number of rotatable bonds is 3. The van der Waals surface area contributed by atoms with Crippen molar-refractivity contribution in [2.75, 3.05) is 0 Å². The first-order chi connectivity index (χ1) is 8.18. The van der Waals surface area contributed by atoms with E-state index in [0.717, 1.165) is 0 Å². The van der Waals surface area contributed by atoms with E-state index in [-0.39, 0.29) is 24.7 Å². The zero-order chi connectivity index (χ0) is 12.3. The minimum Gasteiger partial charge on any atom is -1.00 e. The van der Waals surface area contributed by atoms with Crippen LogP contribution in [0.4, 0.5) is 0 Å². The van der Waals surface area contributed by atoms with Crippen LogP contribution in [0, 0.1) is 0 Å². The summed E-state index contributed by atoms with van der Waals surface area (Å²) in [5.74, 6) is -0.000216. The average Bonchev–Trinajstić information content (AvgIpc) is 2.36. The zero-order valence-electron chi connectivity index (χ0n) is 9.32. The van der Waals surface area contributed by atoms with E-state index in [9.17, 15) is 4.79 Å². The van der Waals surface area contributed by atoms with Gasteiger partial charge in [0, 0.05) is 11.6 Å². The van der Waals surface area contributed by atoms with Crippen molar-refractivity contribution in [3.8, 4) is 0 Å². The molecule has 18 heavy (non-hydrogen) atoms. The predicted molar refractivity (Wildman–Crippen MR) is 67.4 cm³/mol. The van der Waals surface area contributed by atoms with Gasteiger partial charge in [0.2, 0.25) is 12.3 Å². The summed E-state index contributed by atoms with van der Waals surface area (Å²) in [6.07, 6.45) is 1.73. The smallest absolute Gasteiger partial charge is 0.294 e. The van der Waals surface area contributed by atoms with Gasteiger partial charge in [0.05, 0.1) is 0 Å². The maximum absolute atomic E-state index is 12.0. The molecular weight excluding hydrogens is 293 g/mol. The van der Waals surface area contributed by atoms with E-state index in [0.29, 0.717) is 15.7 Å². The number of carbonyl (C=O) groups is 1. The molecule has 0 aliphatic heterocycles. The van der Waals surface area contributed by atoms with Gasteiger partial charge in [-0.2, -0.15) is 4.57 Å². The SMILES string of the molecule is O=C(C[n+]1cccc(Cl)c1Cl)c1ccccc1.[Cl-]. The van der Waals surface area contributed by atoms with E-state index in [2.05, 4.69) is 0 Å². The van der Waals surface area contributed by atoms with E-state index < -0.39 is 0 Å². The monoisotopic (exact) mass is 301 g/mol. The van der Waals surface area contributed by atoms with Crippen molar-refractivity contribution in [3.05, 3.63) is 64.4 Å². The van der Waals surface area contributed by atoms with Gasteiger partial charge in [0.15, 0.2) is 6.20 Å². The molecule has 0 N–H and O–H groups in total. The third kappa shape index (κ3) is 3.45. The Hall–Kier alpha value is -1.09. The van der Waals surface area contributed by atoms with Crippen LogP contribution in [0.15, 0.2) is 48.7 Å². The molecule has 2 rings (SSSR count). The molecular formula is C13H10Cl3NO. The first-order valence-corrected chi connectivity index (χ1v) is 5.86. The molecule has 0 unspecified atom stereocenters. The van der Waals surface area contributed by atoms with Gasteiger partial charge in [0.1, 0.15) is 5.02 Å². The van der Waals surface area contributed by atoms with E-state index in [1.165, 1.54) is 0 Å². The Labute approximate surface area is 122 Å². The number of pyridine rings is 1. The molecule has 0 aliphatic rings. The molecule has 0 aliphatic carbocycles. The van der Waals surface area contributed by atoms with Crippen LogP contribution in [0.3, 0.4) is 0 Å². The highest BCUT2D eigenvalue weighted by Crippen LogP contribution is 2.16. The van der Waals surface area contributed by atoms with Crippen LogP contribution in [-0.2, 0) is 6.54 Å². The Balaban J connectivity index is 0.00000162. The van der Waals surface area contributed by atoms with Gasteiger partial charge in [-0.1, -0.05) is 41.9 Å². The molecule has 0 radical (unpaired) electrons. The predicted octanol–water partition coefficient (Wildman–Crippen LogP) is 0.168. The fraction of sp³-hybridized carbons (Fsp3) is 0.0769. The van der Waals surface area contributed by atoms with Crippen LogP contribution in [-0.4, -0.2) is 5.78 Å². The second-order valence-corrected chi connectivity index (χ2v) is 4.33. The molecule has 0 saturated heterocycles.